The van der Waals surface area contributed by atoms with E-state index in [1.165, 1.54) is 5.56 Å². The third-order valence-electron chi connectivity index (χ3n) is 4.12. The maximum atomic E-state index is 10.9. The summed E-state index contributed by atoms with van der Waals surface area (Å²) in [5.74, 6) is 0. The van der Waals surface area contributed by atoms with E-state index in [-0.39, 0.29) is 5.41 Å². The molecule has 1 unspecified atom stereocenters. The minimum Gasteiger partial charge on any atom is -0.387 e. The number of rotatable bonds is 3. The lowest BCUT2D eigenvalue weighted by atomic mass is 9.68. The third kappa shape index (κ3) is 2.34. The number of aliphatic hydroxyl groups is 1. The first kappa shape index (κ1) is 12.9. The van der Waals surface area contributed by atoms with Crippen LogP contribution in [-0.2, 0) is 10.2 Å². The standard InChI is InChI=1S/C16H18O2S/c17-15(13-6-11-19-12-13)16(7-9-18-10-8-16)14-4-2-1-3-5-14/h1-6,11-12,15,17H,7-10H2. The quantitative estimate of drug-likeness (QED) is 0.927. The number of ether oxygens (including phenoxy) is 1. The van der Waals surface area contributed by atoms with E-state index in [2.05, 4.69) is 12.1 Å². The number of aliphatic hydroxyl groups excluding tert-OH is 1. The minimum absolute atomic E-state index is 0.208. The molecule has 1 N–H and O–H groups in total. The van der Waals surface area contributed by atoms with Gasteiger partial charge in [-0.15, -0.1) is 0 Å². The lowest BCUT2D eigenvalue weighted by molar-refractivity contribution is -0.0169. The van der Waals surface area contributed by atoms with Gasteiger partial charge in [0.1, 0.15) is 0 Å². The van der Waals surface area contributed by atoms with Crippen molar-refractivity contribution < 1.29 is 9.84 Å². The van der Waals surface area contributed by atoms with Crippen molar-refractivity contribution in [2.24, 2.45) is 0 Å². The molecule has 0 spiro atoms. The lowest BCUT2D eigenvalue weighted by Gasteiger charge is -2.41. The van der Waals surface area contributed by atoms with Crippen LogP contribution < -0.4 is 0 Å². The zero-order chi connectivity index (χ0) is 13.1. The number of benzene rings is 1. The highest BCUT2D eigenvalue weighted by Crippen LogP contribution is 2.45. The topological polar surface area (TPSA) is 29.5 Å². The molecule has 0 radical (unpaired) electrons. The highest BCUT2D eigenvalue weighted by molar-refractivity contribution is 7.07. The average Bonchev–Trinajstić information content (AvgIpc) is 3.02. The van der Waals surface area contributed by atoms with E-state index < -0.39 is 6.10 Å². The molecule has 19 heavy (non-hydrogen) atoms. The smallest absolute Gasteiger partial charge is 0.0896 e. The molecule has 1 saturated heterocycles. The number of hydrogen-bond donors (Lipinski definition) is 1. The second kappa shape index (κ2) is 5.45. The van der Waals surface area contributed by atoms with Crippen molar-refractivity contribution in [2.75, 3.05) is 13.2 Å². The van der Waals surface area contributed by atoms with Crippen LogP contribution in [-0.4, -0.2) is 18.3 Å². The molecule has 3 rings (SSSR count). The molecule has 1 aliphatic rings. The van der Waals surface area contributed by atoms with Crippen molar-refractivity contribution in [1.82, 2.24) is 0 Å². The predicted octanol–water partition coefficient (Wildman–Crippen LogP) is 3.53. The molecule has 1 aromatic carbocycles. The Morgan fingerprint density at radius 3 is 2.47 bits per heavy atom. The van der Waals surface area contributed by atoms with Gasteiger partial charge in [0.25, 0.3) is 0 Å². The Kier molecular flexibility index (Phi) is 3.69. The molecular formula is C16H18O2S. The Bertz CT molecular complexity index is 501. The number of thiophene rings is 1. The van der Waals surface area contributed by atoms with Gasteiger partial charge in [0.2, 0.25) is 0 Å². The van der Waals surface area contributed by atoms with Gasteiger partial charge >= 0.3 is 0 Å². The molecule has 2 nitrogen and oxygen atoms in total. The molecule has 2 heterocycles. The van der Waals surface area contributed by atoms with Crippen molar-refractivity contribution in [3.8, 4) is 0 Å². The summed E-state index contributed by atoms with van der Waals surface area (Å²) in [4.78, 5) is 0. The summed E-state index contributed by atoms with van der Waals surface area (Å²) in [7, 11) is 0. The van der Waals surface area contributed by atoms with Crippen LogP contribution in [0, 0.1) is 0 Å². The molecule has 1 atom stereocenters. The van der Waals surface area contributed by atoms with Gasteiger partial charge in [-0.25, -0.2) is 0 Å². The summed E-state index contributed by atoms with van der Waals surface area (Å²) in [6.45, 7) is 1.44. The first-order chi connectivity index (χ1) is 9.33. The first-order valence-corrected chi connectivity index (χ1v) is 7.61. The maximum absolute atomic E-state index is 10.9. The maximum Gasteiger partial charge on any atom is 0.0896 e. The van der Waals surface area contributed by atoms with E-state index in [0.29, 0.717) is 0 Å². The fourth-order valence-corrected chi connectivity index (χ4v) is 3.65. The normalized spacial score (nSPS) is 20.1. The van der Waals surface area contributed by atoms with E-state index in [0.717, 1.165) is 31.6 Å². The van der Waals surface area contributed by atoms with Gasteiger partial charge in [-0.3, -0.25) is 0 Å². The van der Waals surface area contributed by atoms with Crippen LogP contribution in [0.15, 0.2) is 47.2 Å². The van der Waals surface area contributed by atoms with Gasteiger partial charge in [0, 0.05) is 18.6 Å². The highest BCUT2D eigenvalue weighted by atomic mass is 32.1. The van der Waals surface area contributed by atoms with E-state index in [9.17, 15) is 5.11 Å². The fourth-order valence-electron chi connectivity index (χ4n) is 2.98. The van der Waals surface area contributed by atoms with Crippen molar-refractivity contribution in [1.29, 1.82) is 0 Å². The molecule has 2 aromatic rings. The summed E-state index contributed by atoms with van der Waals surface area (Å²) in [5.41, 5.74) is 2.04. The van der Waals surface area contributed by atoms with Gasteiger partial charge < -0.3 is 9.84 Å². The Morgan fingerprint density at radius 2 is 1.84 bits per heavy atom. The molecule has 0 amide bonds. The molecule has 100 valence electrons. The van der Waals surface area contributed by atoms with Crippen LogP contribution in [0.2, 0.25) is 0 Å². The highest BCUT2D eigenvalue weighted by Gasteiger charge is 2.41. The van der Waals surface area contributed by atoms with Crippen molar-refractivity contribution in [2.45, 2.75) is 24.4 Å². The average molecular weight is 274 g/mol. The van der Waals surface area contributed by atoms with Gasteiger partial charge in [-0.1, -0.05) is 30.3 Å². The fraction of sp³-hybridized carbons (Fsp3) is 0.375. The summed E-state index contributed by atoms with van der Waals surface area (Å²) in [5, 5.41) is 15.0. The van der Waals surface area contributed by atoms with Crippen molar-refractivity contribution >= 4 is 11.3 Å². The molecule has 0 saturated carbocycles. The molecule has 1 aliphatic heterocycles. The van der Waals surface area contributed by atoms with Crippen LogP contribution in [0.3, 0.4) is 0 Å². The minimum atomic E-state index is -0.454. The van der Waals surface area contributed by atoms with Gasteiger partial charge in [-0.2, -0.15) is 11.3 Å². The van der Waals surface area contributed by atoms with E-state index >= 15 is 0 Å². The zero-order valence-corrected chi connectivity index (χ0v) is 11.6. The summed E-state index contributed by atoms with van der Waals surface area (Å²) in [6, 6.07) is 12.4. The predicted molar refractivity (Wildman–Crippen MR) is 77.5 cm³/mol. The second-order valence-corrected chi connectivity index (χ2v) is 5.87. The van der Waals surface area contributed by atoms with Crippen molar-refractivity contribution in [3.63, 3.8) is 0 Å². The molecule has 1 aromatic heterocycles. The molecule has 0 bridgehead atoms. The summed E-state index contributed by atoms with van der Waals surface area (Å²) in [6.07, 6.45) is 1.28. The lowest BCUT2D eigenvalue weighted by Crippen LogP contribution is -2.39. The Balaban J connectivity index is 2.02. The van der Waals surface area contributed by atoms with Crippen LogP contribution in [0.1, 0.15) is 30.1 Å². The largest absolute Gasteiger partial charge is 0.387 e. The Hall–Kier alpha value is -1.16. The van der Waals surface area contributed by atoms with Crippen LogP contribution >= 0.6 is 11.3 Å². The van der Waals surface area contributed by atoms with Gasteiger partial charge in [0.05, 0.1) is 6.10 Å². The van der Waals surface area contributed by atoms with E-state index in [4.69, 9.17) is 4.74 Å². The number of hydrogen-bond acceptors (Lipinski definition) is 3. The van der Waals surface area contributed by atoms with E-state index in [1.54, 1.807) is 11.3 Å². The van der Waals surface area contributed by atoms with Crippen LogP contribution in [0.4, 0.5) is 0 Å². The van der Waals surface area contributed by atoms with Gasteiger partial charge in [-0.05, 0) is 40.8 Å². The summed E-state index contributed by atoms with van der Waals surface area (Å²) >= 11 is 1.63. The first-order valence-electron chi connectivity index (χ1n) is 6.66. The Morgan fingerprint density at radius 1 is 1.11 bits per heavy atom. The van der Waals surface area contributed by atoms with Crippen LogP contribution in [0.5, 0.6) is 0 Å². The van der Waals surface area contributed by atoms with Crippen LogP contribution in [0.25, 0.3) is 0 Å². The van der Waals surface area contributed by atoms with Gasteiger partial charge in [0.15, 0.2) is 0 Å². The van der Waals surface area contributed by atoms with Crippen molar-refractivity contribution in [3.05, 3.63) is 58.3 Å². The molecular weight excluding hydrogens is 256 g/mol. The second-order valence-electron chi connectivity index (χ2n) is 5.09. The summed E-state index contributed by atoms with van der Waals surface area (Å²) < 4.78 is 5.51. The molecule has 0 aliphatic carbocycles. The third-order valence-corrected chi connectivity index (χ3v) is 4.82. The monoisotopic (exact) mass is 274 g/mol. The molecule has 1 fully saturated rings. The van der Waals surface area contributed by atoms with E-state index in [1.807, 2.05) is 35.0 Å². The molecule has 3 heteroatoms. The SMILES string of the molecule is OC(c1ccsc1)C1(c2ccccc2)CCOCC1. The zero-order valence-electron chi connectivity index (χ0n) is 10.8. The Labute approximate surface area is 117 Å².